The minimum atomic E-state index is -0.478. The zero-order chi connectivity index (χ0) is 26.2. The summed E-state index contributed by atoms with van der Waals surface area (Å²) < 4.78 is 11.8. The van der Waals surface area contributed by atoms with E-state index in [1.54, 1.807) is 7.11 Å². The summed E-state index contributed by atoms with van der Waals surface area (Å²) in [4.78, 5) is 15.8. The van der Waals surface area contributed by atoms with Crippen molar-refractivity contribution in [1.29, 1.82) is 0 Å². The molecule has 38 heavy (non-hydrogen) atoms. The van der Waals surface area contributed by atoms with E-state index < -0.39 is 11.6 Å². The second kappa shape index (κ2) is 12.1. The highest BCUT2D eigenvalue weighted by atomic mass is 16.5. The third-order valence-corrected chi connectivity index (χ3v) is 7.65. The quantitative estimate of drug-likeness (QED) is 0.203. The number of amides is 1. The molecule has 1 fully saturated rings. The van der Waals surface area contributed by atoms with Crippen molar-refractivity contribution in [3.63, 3.8) is 0 Å². The summed E-state index contributed by atoms with van der Waals surface area (Å²) in [5, 5.41) is 0. The molecule has 0 bridgehead atoms. The molecule has 0 N–H and O–H groups in total. The molecule has 1 aliphatic rings. The lowest BCUT2D eigenvalue weighted by molar-refractivity contribution is -0.202. The van der Waals surface area contributed by atoms with E-state index in [0.717, 1.165) is 42.6 Å². The van der Waals surface area contributed by atoms with Gasteiger partial charge in [0.15, 0.2) is 6.10 Å². The Bertz CT molecular complexity index is 1250. The van der Waals surface area contributed by atoms with Gasteiger partial charge in [-0.1, -0.05) is 103 Å². The number of β-lactam (4-membered cyclic amide) rings is 1. The highest BCUT2D eigenvalue weighted by Crippen LogP contribution is 2.44. The summed E-state index contributed by atoms with van der Waals surface area (Å²) >= 11 is 0. The first-order chi connectivity index (χ1) is 18.7. The molecular weight excluding hydrogens is 470 g/mol. The third-order valence-electron chi connectivity index (χ3n) is 7.65. The third kappa shape index (κ3) is 5.81. The fourth-order valence-electron chi connectivity index (χ4n) is 5.46. The molecule has 1 amide bonds. The van der Waals surface area contributed by atoms with E-state index in [0.29, 0.717) is 13.2 Å². The van der Waals surface area contributed by atoms with Crippen molar-refractivity contribution >= 4 is 5.91 Å². The Morgan fingerprint density at radius 2 is 1.16 bits per heavy atom. The highest BCUT2D eigenvalue weighted by Gasteiger charge is 2.59. The highest BCUT2D eigenvalue weighted by molar-refractivity contribution is 5.90. The normalized spacial score (nSPS) is 16.2. The maximum Gasteiger partial charge on any atom is 0.255 e. The van der Waals surface area contributed by atoms with E-state index in [2.05, 4.69) is 53.4 Å². The minimum Gasteiger partial charge on any atom is -0.497 e. The monoisotopic (exact) mass is 505 g/mol. The van der Waals surface area contributed by atoms with Crippen molar-refractivity contribution in [2.75, 3.05) is 7.11 Å². The van der Waals surface area contributed by atoms with Crippen molar-refractivity contribution in [1.82, 2.24) is 4.90 Å². The minimum absolute atomic E-state index is 0.0675. The Morgan fingerprint density at radius 3 is 1.66 bits per heavy atom. The first-order valence-corrected chi connectivity index (χ1v) is 13.4. The zero-order valence-electron chi connectivity index (χ0n) is 22.0. The van der Waals surface area contributed by atoms with Crippen LogP contribution in [0.1, 0.15) is 35.1 Å². The van der Waals surface area contributed by atoms with Crippen LogP contribution in [0.4, 0.5) is 0 Å². The molecule has 0 aromatic heterocycles. The molecule has 4 nitrogen and oxygen atoms in total. The lowest BCUT2D eigenvalue weighted by Gasteiger charge is -2.58. The SMILES string of the molecule is COc1ccc(CN2C(=O)C(OCc3ccccc3)C2(CCc2ccccc2)CCc2ccccc2)cc1. The number of aryl methyl sites for hydroxylation is 2. The summed E-state index contributed by atoms with van der Waals surface area (Å²) in [6.45, 7) is 0.976. The number of carbonyl (C=O) groups excluding carboxylic acids is 1. The van der Waals surface area contributed by atoms with Crippen LogP contribution in [0.5, 0.6) is 5.75 Å². The summed E-state index contributed by atoms with van der Waals surface area (Å²) in [5.41, 5.74) is 4.31. The van der Waals surface area contributed by atoms with Gasteiger partial charge in [0.2, 0.25) is 0 Å². The van der Waals surface area contributed by atoms with Crippen molar-refractivity contribution in [3.05, 3.63) is 138 Å². The molecule has 4 aromatic carbocycles. The van der Waals surface area contributed by atoms with Crippen LogP contribution in [0.2, 0.25) is 0 Å². The summed E-state index contributed by atoms with van der Waals surface area (Å²) in [6.07, 6.45) is 2.96. The van der Waals surface area contributed by atoms with Crippen molar-refractivity contribution in [2.24, 2.45) is 0 Å². The van der Waals surface area contributed by atoms with Gasteiger partial charge in [-0.3, -0.25) is 4.79 Å². The van der Waals surface area contributed by atoms with Gasteiger partial charge < -0.3 is 14.4 Å². The molecule has 194 valence electrons. The maximum atomic E-state index is 13.7. The van der Waals surface area contributed by atoms with E-state index in [4.69, 9.17) is 9.47 Å². The number of likely N-dealkylation sites (tertiary alicyclic amines) is 1. The van der Waals surface area contributed by atoms with Crippen LogP contribution >= 0.6 is 0 Å². The molecule has 0 spiro atoms. The average molecular weight is 506 g/mol. The summed E-state index contributed by atoms with van der Waals surface area (Å²) in [7, 11) is 1.67. The van der Waals surface area contributed by atoms with Crippen molar-refractivity contribution in [3.8, 4) is 5.75 Å². The average Bonchev–Trinajstić information content (AvgIpc) is 2.99. The molecule has 1 unspecified atom stereocenters. The van der Waals surface area contributed by atoms with Crippen LogP contribution in [0.15, 0.2) is 115 Å². The van der Waals surface area contributed by atoms with E-state index in [-0.39, 0.29) is 5.91 Å². The molecule has 0 aliphatic carbocycles. The van der Waals surface area contributed by atoms with Crippen LogP contribution in [0.25, 0.3) is 0 Å². The molecule has 1 atom stereocenters. The molecular formula is C34H35NO3. The Balaban J connectivity index is 1.44. The van der Waals surface area contributed by atoms with Gasteiger partial charge in [-0.05, 0) is 60.1 Å². The number of rotatable bonds is 12. The number of carbonyl (C=O) groups is 1. The Hall–Kier alpha value is -3.89. The van der Waals surface area contributed by atoms with E-state index >= 15 is 0 Å². The van der Waals surface area contributed by atoms with E-state index in [1.807, 2.05) is 66.7 Å². The predicted molar refractivity (Wildman–Crippen MR) is 151 cm³/mol. The van der Waals surface area contributed by atoms with Gasteiger partial charge in [0.1, 0.15) is 5.75 Å². The number of hydrogen-bond donors (Lipinski definition) is 0. The zero-order valence-corrected chi connectivity index (χ0v) is 22.0. The molecule has 4 heteroatoms. The van der Waals surface area contributed by atoms with Crippen LogP contribution < -0.4 is 4.74 Å². The molecule has 4 aromatic rings. The first kappa shape index (κ1) is 25.7. The summed E-state index contributed by atoms with van der Waals surface area (Å²) in [5.74, 6) is 0.880. The van der Waals surface area contributed by atoms with Gasteiger partial charge in [-0.15, -0.1) is 0 Å². The van der Waals surface area contributed by atoms with Gasteiger partial charge in [0.25, 0.3) is 5.91 Å². The van der Waals surface area contributed by atoms with E-state index in [1.165, 1.54) is 11.1 Å². The number of hydrogen-bond acceptors (Lipinski definition) is 3. The second-order valence-electron chi connectivity index (χ2n) is 10.0. The molecule has 1 aliphatic heterocycles. The smallest absolute Gasteiger partial charge is 0.255 e. The van der Waals surface area contributed by atoms with Crippen LogP contribution in [0, 0.1) is 0 Å². The topological polar surface area (TPSA) is 38.8 Å². The molecule has 1 saturated heterocycles. The fraction of sp³-hybridized carbons (Fsp3) is 0.265. The Labute approximate surface area is 225 Å². The summed E-state index contributed by atoms with van der Waals surface area (Å²) in [6, 6.07) is 39.2. The standard InChI is InChI=1S/C34H35NO3/c1-37-31-19-17-29(18-20-31)25-35-33(36)32(38-26-30-15-9-4-10-16-30)34(35,23-21-27-11-5-2-6-12-27)24-22-28-13-7-3-8-14-28/h2-20,32H,21-26H2,1H3. The van der Waals surface area contributed by atoms with Gasteiger partial charge in [-0.25, -0.2) is 0 Å². The Morgan fingerprint density at radius 1 is 0.658 bits per heavy atom. The second-order valence-corrected chi connectivity index (χ2v) is 10.0. The molecule has 0 radical (unpaired) electrons. The number of nitrogens with zero attached hydrogens (tertiary/aromatic N) is 1. The maximum absolute atomic E-state index is 13.7. The van der Waals surface area contributed by atoms with Gasteiger partial charge in [0, 0.05) is 6.54 Å². The number of benzene rings is 4. The van der Waals surface area contributed by atoms with Crippen LogP contribution in [-0.2, 0) is 35.5 Å². The number of methoxy groups -OCH3 is 1. The van der Waals surface area contributed by atoms with Crippen molar-refractivity contribution in [2.45, 2.75) is 50.5 Å². The fourth-order valence-corrected chi connectivity index (χ4v) is 5.46. The van der Waals surface area contributed by atoms with Crippen molar-refractivity contribution < 1.29 is 14.3 Å². The molecule has 1 heterocycles. The van der Waals surface area contributed by atoms with Crippen LogP contribution in [0.3, 0.4) is 0 Å². The first-order valence-electron chi connectivity index (χ1n) is 13.4. The number of ether oxygens (including phenoxy) is 2. The van der Waals surface area contributed by atoms with Gasteiger partial charge >= 0.3 is 0 Å². The van der Waals surface area contributed by atoms with Gasteiger partial charge in [-0.2, -0.15) is 0 Å². The lowest BCUT2D eigenvalue weighted by atomic mass is 9.72. The predicted octanol–water partition coefficient (Wildman–Crippen LogP) is 6.63. The Kier molecular flexibility index (Phi) is 8.20. The largest absolute Gasteiger partial charge is 0.497 e. The van der Waals surface area contributed by atoms with Crippen LogP contribution in [-0.4, -0.2) is 29.6 Å². The molecule has 5 rings (SSSR count). The van der Waals surface area contributed by atoms with Gasteiger partial charge in [0.05, 0.1) is 19.3 Å². The van der Waals surface area contributed by atoms with E-state index in [9.17, 15) is 4.79 Å². The molecule has 0 saturated carbocycles. The lowest BCUT2D eigenvalue weighted by Crippen LogP contribution is -2.74.